The molecule has 3 rings (SSSR count). The molecule has 188 valence electrons. The maximum atomic E-state index is 12.7. The second-order valence-electron chi connectivity index (χ2n) is 8.66. The lowest BCUT2D eigenvalue weighted by Crippen LogP contribution is -2.54. The molecule has 0 bridgehead atoms. The standard InChI is InChI=1S/C23H34ClN5O4S/c1-4-6-20(30)29-12-11-28(14-16(29)3)19-13-18(24)25-23(26-19)34-15-21(31)27-9-7-17(8-10-27)22(32)33-5-2/h13,16-17H,4-12,14-15H2,1-3H3. The van der Waals surface area contributed by atoms with Gasteiger partial charge in [-0.2, -0.15) is 0 Å². The molecule has 0 spiro atoms. The Bertz CT molecular complexity index is 881. The number of rotatable bonds is 8. The largest absolute Gasteiger partial charge is 0.466 e. The molecule has 0 aromatic carbocycles. The third kappa shape index (κ3) is 6.97. The zero-order chi connectivity index (χ0) is 24.7. The molecule has 34 heavy (non-hydrogen) atoms. The molecule has 1 aromatic heterocycles. The van der Waals surface area contributed by atoms with Crippen molar-refractivity contribution in [2.75, 3.05) is 50.0 Å². The van der Waals surface area contributed by atoms with Crippen LogP contribution in [0.3, 0.4) is 0 Å². The van der Waals surface area contributed by atoms with Gasteiger partial charge in [0, 0.05) is 51.3 Å². The normalized spacial score (nSPS) is 19.3. The molecule has 2 aliphatic rings. The van der Waals surface area contributed by atoms with E-state index < -0.39 is 0 Å². The summed E-state index contributed by atoms with van der Waals surface area (Å²) in [4.78, 5) is 51.6. The van der Waals surface area contributed by atoms with E-state index in [4.69, 9.17) is 16.3 Å². The Morgan fingerprint density at radius 3 is 2.50 bits per heavy atom. The fourth-order valence-electron chi connectivity index (χ4n) is 4.35. The Morgan fingerprint density at radius 1 is 1.12 bits per heavy atom. The average Bonchev–Trinajstić information content (AvgIpc) is 2.82. The van der Waals surface area contributed by atoms with Gasteiger partial charge in [0.1, 0.15) is 11.0 Å². The van der Waals surface area contributed by atoms with Gasteiger partial charge in [-0.25, -0.2) is 9.97 Å². The van der Waals surface area contributed by atoms with Crippen molar-refractivity contribution in [2.45, 2.75) is 57.7 Å². The SMILES string of the molecule is CCCC(=O)N1CCN(c2cc(Cl)nc(SCC(=O)N3CCC(C(=O)OCC)CC3)n2)CC1C. The van der Waals surface area contributed by atoms with Gasteiger partial charge >= 0.3 is 5.97 Å². The number of aromatic nitrogens is 2. The zero-order valence-electron chi connectivity index (χ0n) is 20.2. The van der Waals surface area contributed by atoms with Gasteiger partial charge in [0.05, 0.1) is 18.3 Å². The highest BCUT2D eigenvalue weighted by Crippen LogP contribution is 2.25. The summed E-state index contributed by atoms with van der Waals surface area (Å²) in [5, 5.41) is 0.779. The summed E-state index contributed by atoms with van der Waals surface area (Å²) < 4.78 is 5.09. The van der Waals surface area contributed by atoms with Gasteiger partial charge in [-0.3, -0.25) is 14.4 Å². The topological polar surface area (TPSA) is 95.9 Å². The van der Waals surface area contributed by atoms with Crippen molar-refractivity contribution >= 4 is 47.0 Å². The fraction of sp³-hybridized carbons (Fsp3) is 0.696. The van der Waals surface area contributed by atoms with E-state index in [2.05, 4.69) is 14.9 Å². The Hall–Kier alpha value is -2.07. The maximum Gasteiger partial charge on any atom is 0.309 e. The van der Waals surface area contributed by atoms with Crippen LogP contribution in [-0.4, -0.2) is 88.7 Å². The molecule has 1 atom stereocenters. The summed E-state index contributed by atoms with van der Waals surface area (Å²) in [6, 6.07) is 1.81. The lowest BCUT2D eigenvalue weighted by Gasteiger charge is -2.40. The van der Waals surface area contributed by atoms with E-state index in [9.17, 15) is 14.4 Å². The molecular weight excluding hydrogens is 478 g/mol. The Morgan fingerprint density at radius 2 is 1.85 bits per heavy atom. The number of anilines is 1. The van der Waals surface area contributed by atoms with E-state index in [0.29, 0.717) is 74.7 Å². The van der Waals surface area contributed by atoms with Crippen LogP contribution in [0, 0.1) is 5.92 Å². The summed E-state index contributed by atoms with van der Waals surface area (Å²) in [7, 11) is 0. The molecule has 0 aliphatic carbocycles. The van der Waals surface area contributed by atoms with Crippen LogP contribution in [0.25, 0.3) is 0 Å². The highest BCUT2D eigenvalue weighted by atomic mass is 35.5. The van der Waals surface area contributed by atoms with Crippen molar-refractivity contribution < 1.29 is 19.1 Å². The van der Waals surface area contributed by atoms with Crippen LogP contribution < -0.4 is 4.90 Å². The number of nitrogens with zero attached hydrogens (tertiary/aromatic N) is 5. The molecule has 2 aliphatic heterocycles. The summed E-state index contributed by atoms with van der Waals surface area (Å²) >= 11 is 7.53. The number of likely N-dealkylation sites (tertiary alicyclic amines) is 1. The first-order valence-electron chi connectivity index (χ1n) is 12.0. The maximum absolute atomic E-state index is 12.7. The first-order valence-corrected chi connectivity index (χ1v) is 13.3. The molecule has 9 nitrogen and oxygen atoms in total. The minimum absolute atomic E-state index is 0.00546. The number of amides is 2. The van der Waals surface area contributed by atoms with Gasteiger partial charge in [0.25, 0.3) is 0 Å². The molecule has 0 N–H and O–H groups in total. The van der Waals surface area contributed by atoms with Gasteiger partial charge in [-0.1, -0.05) is 30.3 Å². The average molecular weight is 512 g/mol. The lowest BCUT2D eigenvalue weighted by molar-refractivity contribution is -0.151. The number of hydrogen-bond acceptors (Lipinski definition) is 8. The van der Waals surface area contributed by atoms with Gasteiger partial charge in [-0.15, -0.1) is 0 Å². The molecule has 0 saturated carbocycles. The number of ether oxygens (including phenoxy) is 1. The minimum atomic E-state index is -0.172. The molecule has 1 unspecified atom stereocenters. The van der Waals surface area contributed by atoms with Crippen molar-refractivity contribution in [1.29, 1.82) is 0 Å². The predicted octanol–water partition coefficient (Wildman–Crippen LogP) is 2.86. The molecule has 3 heterocycles. The van der Waals surface area contributed by atoms with Crippen molar-refractivity contribution in [2.24, 2.45) is 5.92 Å². The van der Waals surface area contributed by atoms with Crippen LogP contribution >= 0.6 is 23.4 Å². The van der Waals surface area contributed by atoms with Crippen LogP contribution in [0.15, 0.2) is 11.2 Å². The summed E-state index contributed by atoms with van der Waals surface area (Å²) in [5.74, 6) is 0.800. The number of carbonyl (C=O) groups is 3. The number of thioether (sulfide) groups is 1. The first kappa shape index (κ1) is 26.5. The van der Waals surface area contributed by atoms with E-state index in [1.807, 2.05) is 18.7 Å². The third-order valence-electron chi connectivity index (χ3n) is 6.19. The highest BCUT2D eigenvalue weighted by molar-refractivity contribution is 7.99. The molecule has 2 fully saturated rings. The molecule has 1 aromatic rings. The van der Waals surface area contributed by atoms with Crippen molar-refractivity contribution in [3.05, 3.63) is 11.2 Å². The second kappa shape index (κ2) is 12.6. The predicted molar refractivity (Wildman–Crippen MR) is 132 cm³/mol. The molecule has 0 radical (unpaired) electrons. The summed E-state index contributed by atoms with van der Waals surface area (Å²) in [6.07, 6.45) is 2.66. The second-order valence-corrected chi connectivity index (χ2v) is 9.99. The van der Waals surface area contributed by atoms with Gasteiger partial charge in [0.15, 0.2) is 5.16 Å². The van der Waals surface area contributed by atoms with E-state index in [-0.39, 0.29) is 35.5 Å². The van der Waals surface area contributed by atoms with E-state index in [1.165, 1.54) is 11.8 Å². The number of carbonyl (C=O) groups excluding carboxylic acids is 3. The molecule has 11 heteroatoms. The number of piperazine rings is 1. The smallest absolute Gasteiger partial charge is 0.309 e. The van der Waals surface area contributed by atoms with E-state index in [1.54, 1.807) is 17.9 Å². The zero-order valence-corrected chi connectivity index (χ0v) is 21.7. The van der Waals surface area contributed by atoms with Crippen LogP contribution in [0.2, 0.25) is 5.15 Å². The fourth-order valence-corrected chi connectivity index (χ4v) is 5.33. The Balaban J connectivity index is 1.53. The number of hydrogen-bond donors (Lipinski definition) is 0. The molecule has 2 saturated heterocycles. The van der Waals surface area contributed by atoms with Gasteiger partial charge in [-0.05, 0) is 33.1 Å². The van der Waals surface area contributed by atoms with Gasteiger partial charge < -0.3 is 19.4 Å². The van der Waals surface area contributed by atoms with Crippen molar-refractivity contribution in [1.82, 2.24) is 19.8 Å². The van der Waals surface area contributed by atoms with E-state index in [0.717, 1.165) is 6.42 Å². The Labute approximate surface area is 210 Å². The highest BCUT2D eigenvalue weighted by Gasteiger charge is 2.29. The summed E-state index contributed by atoms with van der Waals surface area (Å²) in [6.45, 7) is 9.30. The third-order valence-corrected chi connectivity index (χ3v) is 7.21. The van der Waals surface area contributed by atoms with Crippen LogP contribution in [-0.2, 0) is 19.1 Å². The van der Waals surface area contributed by atoms with Crippen LogP contribution in [0.4, 0.5) is 5.82 Å². The number of piperidine rings is 1. The first-order chi connectivity index (χ1) is 16.3. The van der Waals surface area contributed by atoms with Gasteiger partial charge in [0.2, 0.25) is 11.8 Å². The van der Waals surface area contributed by atoms with Crippen LogP contribution in [0.1, 0.15) is 46.5 Å². The van der Waals surface area contributed by atoms with Crippen molar-refractivity contribution in [3.8, 4) is 0 Å². The van der Waals surface area contributed by atoms with Crippen molar-refractivity contribution in [3.63, 3.8) is 0 Å². The monoisotopic (exact) mass is 511 g/mol. The number of esters is 1. The van der Waals surface area contributed by atoms with Crippen LogP contribution in [0.5, 0.6) is 0 Å². The summed E-state index contributed by atoms with van der Waals surface area (Å²) in [5.41, 5.74) is 0. The Kier molecular flexibility index (Phi) is 9.82. The van der Waals surface area contributed by atoms with E-state index >= 15 is 0 Å². The molecule has 2 amide bonds. The number of halogens is 1. The minimum Gasteiger partial charge on any atom is -0.466 e. The molecular formula is C23H34ClN5O4S. The quantitative estimate of drug-likeness (QED) is 0.227. The lowest BCUT2D eigenvalue weighted by atomic mass is 9.97.